The van der Waals surface area contributed by atoms with E-state index in [2.05, 4.69) is 32.1 Å². The van der Waals surface area contributed by atoms with Gasteiger partial charge in [0.15, 0.2) is 0 Å². The summed E-state index contributed by atoms with van der Waals surface area (Å²) in [6.07, 6.45) is 0. The maximum Gasteiger partial charge on any atom is 0.392 e. The Kier molecular flexibility index (Phi) is 6.67. The predicted molar refractivity (Wildman–Crippen MR) is 110 cm³/mol. The minimum atomic E-state index is -0.307. The van der Waals surface area contributed by atoms with Gasteiger partial charge in [-0.1, -0.05) is 23.3 Å². The Balaban J connectivity index is 1.55. The van der Waals surface area contributed by atoms with Crippen LogP contribution in [0.1, 0.15) is 23.1 Å². The van der Waals surface area contributed by atoms with Crippen LogP contribution in [0.15, 0.2) is 64.8 Å². The van der Waals surface area contributed by atoms with Crippen molar-refractivity contribution in [3.05, 3.63) is 66.0 Å². The maximum atomic E-state index is 12.0. The van der Waals surface area contributed by atoms with E-state index in [9.17, 15) is 4.79 Å². The molecule has 3 rings (SSSR count). The fourth-order valence-corrected chi connectivity index (χ4v) is 2.74. The molecule has 0 aliphatic carbocycles. The smallest absolute Gasteiger partial charge is 0.392 e. The fraction of sp³-hybridized carbons (Fsp3) is 0.286. The van der Waals surface area contributed by atoms with Crippen LogP contribution in [0, 0.1) is 6.92 Å². The number of aromatic amines is 1. The molecular weight excluding hydrogens is 368 g/mol. The molecular formula is C21H25N6O2+. The molecule has 1 aromatic heterocycles. The van der Waals surface area contributed by atoms with Crippen molar-refractivity contribution in [2.45, 2.75) is 13.8 Å². The van der Waals surface area contributed by atoms with E-state index in [4.69, 9.17) is 4.74 Å². The number of H-pyrrole nitrogens is 1. The van der Waals surface area contributed by atoms with Gasteiger partial charge in [-0.05, 0) is 43.3 Å². The van der Waals surface area contributed by atoms with Crippen LogP contribution in [-0.4, -0.2) is 35.7 Å². The van der Waals surface area contributed by atoms with Gasteiger partial charge in [0, 0.05) is 24.1 Å². The number of carbonyl (C=O) groups is 1. The lowest BCUT2D eigenvalue weighted by Crippen LogP contribution is -2.32. The van der Waals surface area contributed by atoms with Crippen molar-refractivity contribution in [1.29, 1.82) is 0 Å². The van der Waals surface area contributed by atoms with Crippen molar-refractivity contribution in [3.63, 3.8) is 0 Å². The van der Waals surface area contributed by atoms with Gasteiger partial charge in [0.1, 0.15) is 13.7 Å². The number of esters is 1. The SMILES string of the molecule is CCN(CCOC(=O)c1ccccc1)c1ccc(N=Nc2nc(C)[n+](C)[nH]2)cc1. The Hall–Kier alpha value is -3.55. The van der Waals surface area contributed by atoms with Crippen molar-refractivity contribution < 1.29 is 14.2 Å². The van der Waals surface area contributed by atoms with Gasteiger partial charge >= 0.3 is 17.7 Å². The van der Waals surface area contributed by atoms with E-state index in [1.165, 1.54) is 0 Å². The standard InChI is InChI=1S/C21H24N6O2/c1-4-27(14-15-29-20(28)17-8-6-5-7-9-17)19-12-10-18(11-13-19)23-24-21-22-16(2)26(3)25-21/h5-13H,4,14-15H2,1-3H3/p+1. The molecule has 29 heavy (non-hydrogen) atoms. The number of anilines is 1. The first kappa shape index (κ1) is 20.2. The molecule has 0 fully saturated rings. The number of carbonyl (C=O) groups excluding carboxylic acids is 1. The average molecular weight is 393 g/mol. The first-order valence-electron chi connectivity index (χ1n) is 9.48. The number of benzene rings is 2. The van der Waals surface area contributed by atoms with Crippen LogP contribution in [0.5, 0.6) is 0 Å². The van der Waals surface area contributed by atoms with E-state index in [0.29, 0.717) is 24.7 Å². The van der Waals surface area contributed by atoms with Gasteiger partial charge in [-0.15, -0.1) is 5.11 Å². The molecule has 150 valence electrons. The Morgan fingerprint density at radius 3 is 2.48 bits per heavy atom. The van der Waals surface area contributed by atoms with E-state index < -0.39 is 0 Å². The zero-order valence-corrected chi connectivity index (χ0v) is 16.9. The molecule has 0 atom stereocenters. The van der Waals surface area contributed by atoms with Crippen molar-refractivity contribution in [3.8, 4) is 0 Å². The number of azo groups is 1. The molecule has 0 aliphatic rings. The van der Waals surface area contributed by atoms with Crippen LogP contribution in [0.4, 0.5) is 17.3 Å². The van der Waals surface area contributed by atoms with Crippen LogP contribution >= 0.6 is 0 Å². The summed E-state index contributed by atoms with van der Waals surface area (Å²) < 4.78 is 7.16. The van der Waals surface area contributed by atoms with Crippen LogP contribution < -0.4 is 9.58 Å². The third kappa shape index (κ3) is 5.47. The highest BCUT2D eigenvalue weighted by molar-refractivity contribution is 5.89. The molecule has 0 bridgehead atoms. The van der Waals surface area contributed by atoms with Crippen LogP contribution in [0.2, 0.25) is 0 Å². The number of aryl methyl sites for hydroxylation is 2. The molecule has 0 amide bonds. The lowest BCUT2D eigenvalue weighted by atomic mass is 10.2. The van der Waals surface area contributed by atoms with Crippen LogP contribution in [0.3, 0.4) is 0 Å². The number of ether oxygens (including phenoxy) is 1. The van der Waals surface area contributed by atoms with E-state index in [1.807, 2.05) is 56.4 Å². The fourth-order valence-electron chi connectivity index (χ4n) is 2.74. The number of rotatable bonds is 8. The topological polar surface area (TPSA) is 86.8 Å². The highest BCUT2D eigenvalue weighted by atomic mass is 16.5. The third-order valence-corrected chi connectivity index (χ3v) is 4.48. The number of hydrogen-bond donors (Lipinski definition) is 1. The number of likely N-dealkylation sites (N-methyl/N-ethyl adjacent to an activating group) is 1. The lowest BCUT2D eigenvalue weighted by molar-refractivity contribution is -0.733. The monoisotopic (exact) mass is 393 g/mol. The molecule has 8 heteroatoms. The zero-order chi connectivity index (χ0) is 20.6. The second-order valence-corrected chi connectivity index (χ2v) is 6.45. The minimum Gasteiger partial charge on any atom is -0.460 e. The molecule has 8 nitrogen and oxygen atoms in total. The van der Waals surface area contributed by atoms with Gasteiger partial charge in [0.05, 0.1) is 17.8 Å². The Morgan fingerprint density at radius 1 is 1.14 bits per heavy atom. The normalized spacial score (nSPS) is 11.0. The highest BCUT2D eigenvalue weighted by Crippen LogP contribution is 2.21. The summed E-state index contributed by atoms with van der Waals surface area (Å²) in [6.45, 7) is 5.68. The summed E-state index contributed by atoms with van der Waals surface area (Å²) in [5.74, 6) is 0.990. The molecule has 0 unspecified atom stereocenters. The maximum absolute atomic E-state index is 12.0. The van der Waals surface area contributed by atoms with E-state index in [-0.39, 0.29) is 5.97 Å². The first-order valence-corrected chi connectivity index (χ1v) is 9.48. The zero-order valence-electron chi connectivity index (χ0n) is 16.9. The first-order chi connectivity index (χ1) is 14.1. The highest BCUT2D eigenvalue weighted by Gasteiger charge is 2.11. The quantitative estimate of drug-likeness (QED) is 0.360. The van der Waals surface area contributed by atoms with E-state index in [1.54, 1.807) is 16.8 Å². The van der Waals surface area contributed by atoms with Crippen molar-refractivity contribution in [2.75, 3.05) is 24.6 Å². The molecule has 1 heterocycles. The molecule has 1 N–H and O–H groups in total. The average Bonchev–Trinajstić information content (AvgIpc) is 3.08. The molecule has 0 spiro atoms. The molecule has 0 aliphatic heterocycles. The largest absolute Gasteiger partial charge is 0.460 e. The minimum absolute atomic E-state index is 0.307. The Labute approximate surface area is 169 Å². The molecule has 2 aromatic carbocycles. The summed E-state index contributed by atoms with van der Waals surface area (Å²) in [7, 11) is 1.87. The molecule has 0 radical (unpaired) electrons. The van der Waals surface area contributed by atoms with E-state index >= 15 is 0 Å². The second kappa shape index (κ2) is 9.59. The molecule has 0 saturated carbocycles. The van der Waals surface area contributed by atoms with Gasteiger partial charge in [-0.25, -0.2) is 4.79 Å². The Bertz CT molecular complexity index is 947. The number of hydrogen-bond acceptors (Lipinski definition) is 6. The van der Waals surface area contributed by atoms with E-state index in [0.717, 1.165) is 23.7 Å². The van der Waals surface area contributed by atoms with Crippen LogP contribution in [-0.2, 0) is 11.8 Å². The number of nitrogens with zero attached hydrogens (tertiary/aromatic N) is 5. The predicted octanol–water partition coefficient (Wildman–Crippen LogP) is 3.64. The molecule has 3 aromatic rings. The summed E-state index contributed by atoms with van der Waals surface area (Å²) in [5.41, 5.74) is 2.32. The summed E-state index contributed by atoms with van der Waals surface area (Å²) in [4.78, 5) is 18.4. The lowest BCUT2D eigenvalue weighted by Gasteiger charge is -2.22. The summed E-state index contributed by atoms with van der Waals surface area (Å²) >= 11 is 0. The van der Waals surface area contributed by atoms with Gasteiger partial charge in [-0.2, -0.15) is 9.78 Å². The summed E-state index contributed by atoms with van der Waals surface area (Å²) in [6, 6.07) is 16.7. The number of nitrogens with one attached hydrogen (secondary N) is 1. The van der Waals surface area contributed by atoms with Gasteiger partial charge in [0.2, 0.25) is 0 Å². The van der Waals surface area contributed by atoms with Gasteiger partial charge in [0.25, 0.3) is 0 Å². The van der Waals surface area contributed by atoms with Gasteiger partial charge < -0.3 is 9.64 Å². The van der Waals surface area contributed by atoms with Crippen molar-refractivity contribution in [1.82, 2.24) is 10.1 Å². The van der Waals surface area contributed by atoms with Gasteiger partial charge in [-0.3, -0.25) is 0 Å². The summed E-state index contributed by atoms with van der Waals surface area (Å²) in [5, 5.41) is 11.3. The van der Waals surface area contributed by atoms with Crippen molar-refractivity contribution >= 4 is 23.3 Å². The second-order valence-electron chi connectivity index (χ2n) is 6.45. The molecule has 0 saturated heterocycles. The van der Waals surface area contributed by atoms with Crippen molar-refractivity contribution in [2.24, 2.45) is 17.3 Å². The third-order valence-electron chi connectivity index (χ3n) is 4.48. The Morgan fingerprint density at radius 2 is 1.86 bits per heavy atom. The number of aromatic nitrogens is 3. The van der Waals surface area contributed by atoms with Crippen LogP contribution in [0.25, 0.3) is 0 Å².